The second-order valence-corrected chi connectivity index (χ2v) is 14.3. The van der Waals surface area contributed by atoms with Gasteiger partial charge in [-0.1, -0.05) is 117 Å². The van der Waals surface area contributed by atoms with Gasteiger partial charge in [-0.15, -0.1) is 11.8 Å². The Kier molecular flexibility index (Phi) is 33.6. The molecule has 0 saturated heterocycles. The molecule has 0 rings (SSSR count). The van der Waals surface area contributed by atoms with Crippen LogP contribution in [0.1, 0.15) is 162 Å². The standard InChI is InChI=1S/C36H71NO5S2/c1-4-7-10-11-12-13-18-23-32-44-34(25-9-6-3)36(40)42-31-22-17-15-20-27-37(28-29-38)26-19-14-16-21-30-41-35(39)33(43)24-8-5-2/h33-34,38,43H,4-32H2,1-3H3. The van der Waals surface area contributed by atoms with Crippen LogP contribution in [0.15, 0.2) is 0 Å². The van der Waals surface area contributed by atoms with Gasteiger partial charge < -0.3 is 19.5 Å². The van der Waals surface area contributed by atoms with E-state index in [1.807, 2.05) is 11.8 Å². The van der Waals surface area contributed by atoms with Crippen molar-refractivity contribution in [3.63, 3.8) is 0 Å². The van der Waals surface area contributed by atoms with Gasteiger partial charge in [-0.25, -0.2) is 0 Å². The summed E-state index contributed by atoms with van der Waals surface area (Å²) in [5, 5.41) is 9.17. The van der Waals surface area contributed by atoms with E-state index in [0.717, 1.165) is 109 Å². The number of thioether (sulfide) groups is 1. The van der Waals surface area contributed by atoms with Crippen LogP contribution in [0.5, 0.6) is 0 Å². The van der Waals surface area contributed by atoms with E-state index in [-0.39, 0.29) is 29.0 Å². The van der Waals surface area contributed by atoms with Crippen LogP contribution in [-0.2, 0) is 19.1 Å². The summed E-state index contributed by atoms with van der Waals surface area (Å²) in [4.78, 5) is 27.0. The molecule has 6 nitrogen and oxygen atoms in total. The molecule has 0 aromatic heterocycles. The number of unbranched alkanes of at least 4 members (excludes halogenated alkanes) is 15. The Morgan fingerprint density at radius 3 is 1.66 bits per heavy atom. The van der Waals surface area contributed by atoms with E-state index in [1.54, 1.807) is 0 Å². The van der Waals surface area contributed by atoms with Gasteiger partial charge in [0, 0.05) is 6.54 Å². The number of aliphatic hydroxyl groups excluding tert-OH is 1. The van der Waals surface area contributed by atoms with Crippen LogP contribution in [0.4, 0.5) is 0 Å². The van der Waals surface area contributed by atoms with Gasteiger partial charge in [-0.3, -0.25) is 9.59 Å². The van der Waals surface area contributed by atoms with Gasteiger partial charge in [0.1, 0.15) is 5.25 Å². The molecule has 0 aliphatic carbocycles. The lowest BCUT2D eigenvalue weighted by Gasteiger charge is -2.21. The summed E-state index contributed by atoms with van der Waals surface area (Å²) in [5.41, 5.74) is 0. The van der Waals surface area contributed by atoms with Crippen LogP contribution in [0.2, 0.25) is 0 Å². The number of thiol groups is 1. The summed E-state index contributed by atoms with van der Waals surface area (Å²) in [7, 11) is 0. The second kappa shape index (κ2) is 33.9. The highest BCUT2D eigenvalue weighted by Crippen LogP contribution is 2.22. The fourth-order valence-corrected chi connectivity index (χ4v) is 6.68. The highest BCUT2D eigenvalue weighted by Gasteiger charge is 2.20. The van der Waals surface area contributed by atoms with Crippen molar-refractivity contribution in [1.29, 1.82) is 0 Å². The smallest absolute Gasteiger partial charge is 0.319 e. The minimum absolute atomic E-state index is 0.00231. The topological polar surface area (TPSA) is 76.1 Å². The number of ether oxygens (including phenoxy) is 2. The van der Waals surface area contributed by atoms with Gasteiger partial charge in [0.15, 0.2) is 0 Å². The lowest BCUT2D eigenvalue weighted by molar-refractivity contribution is -0.144. The van der Waals surface area contributed by atoms with E-state index < -0.39 is 0 Å². The van der Waals surface area contributed by atoms with E-state index in [1.165, 1.54) is 51.4 Å². The third-order valence-corrected chi connectivity index (χ3v) is 9.97. The van der Waals surface area contributed by atoms with Crippen LogP contribution in [0, 0.1) is 0 Å². The van der Waals surface area contributed by atoms with Crippen molar-refractivity contribution in [2.45, 2.75) is 173 Å². The molecule has 0 radical (unpaired) electrons. The first-order valence-corrected chi connectivity index (χ1v) is 20.0. The largest absolute Gasteiger partial charge is 0.465 e. The molecule has 0 aliphatic heterocycles. The normalized spacial score (nSPS) is 12.9. The van der Waals surface area contributed by atoms with Crippen molar-refractivity contribution in [3.05, 3.63) is 0 Å². The predicted octanol–water partition coefficient (Wildman–Crippen LogP) is 9.41. The van der Waals surface area contributed by atoms with Crippen LogP contribution >= 0.6 is 24.4 Å². The molecule has 0 fully saturated rings. The molecule has 44 heavy (non-hydrogen) atoms. The zero-order chi connectivity index (χ0) is 32.5. The summed E-state index contributed by atoms with van der Waals surface area (Å²) in [6.07, 6.45) is 24.9. The average Bonchev–Trinajstić information content (AvgIpc) is 3.02. The van der Waals surface area contributed by atoms with Crippen LogP contribution in [0.25, 0.3) is 0 Å². The molecule has 0 heterocycles. The van der Waals surface area contributed by atoms with E-state index in [2.05, 4.69) is 38.3 Å². The quantitative estimate of drug-likeness (QED) is 0.0404. The highest BCUT2D eigenvalue weighted by atomic mass is 32.2. The molecule has 8 heteroatoms. The number of nitrogens with zero attached hydrogens (tertiary/aromatic N) is 1. The molecule has 1 N–H and O–H groups in total. The molecule has 0 amide bonds. The van der Waals surface area contributed by atoms with Crippen molar-refractivity contribution in [3.8, 4) is 0 Å². The number of carbonyl (C=O) groups is 2. The number of esters is 2. The summed E-state index contributed by atoms with van der Waals surface area (Å²) < 4.78 is 11.1. The maximum absolute atomic E-state index is 12.7. The average molecular weight is 662 g/mol. The Bertz CT molecular complexity index is 640. The summed E-state index contributed by atoms with van der Waals surface area (Å²) in [6.45, 7) is 10.4. The monoisotopic (exact) mass is 661 g/mol. The molecule has 0 aromatic carbocycles. The summed E-state index contributed by atoms with van der Waals surface area (Å²) >= 11 is 6.16. The van der Waals surface area contributed by atoms with Gasteiger partial charge in [0.05, 0.1) is 25.1 Å². The lowest BCUT2D eigenvalue weighted by Crippen LogP contribution is -2.29. The molecule has 0 bridgehead atoms. The van der Waals surface area contributed by atoms with Crippen molar-refractivity contribution < 1.29 is 24.2 Å². The molecule has 2 unspecified atom stereocenters. The van der Waals surface area contributed by atoms with Gasteiger partial charge >= 0.3 is 11.9 Å². The molecule has 262 valence electrons. The van der Waals surface area contributed by atoms with Gasteiger partial charge in [-0.05, 0) is 63.8 Å². The van der Waals surface area contributed by atoms with E-state index in [9.17, 15) is 14.7 Å². The highest BCUT2D eigenvalue weighted by molar-refractivity contribution is 8.00. The van der Waals surface area contributed by atoms with Crippen molar-refractivity contribution >= 4 is 36.3 Å². The summed E-state index contributed by atoms with van der Waals surface area (Å²) in [5.74, 6) is 0.871. The number of hydrogen-bond acceptors (Lipinski definition) is 8. The minimum atomic E-state index is -0.293. The molecule has 0 spiro atoms. The van der Waals surface area contributed by atoms with Crippen LogP contribution < -0.4 is 0 Å². The first-order valence-electron chi connectivity index (χ1n) is 18.5. The van der Waals surface area contributed by atoms with E-state index in [0.29, 0.717) is 19.8 Å². The zero-order valence-electron chi connectivity index (χ0n) is 29.0. The maximum Gasteiger partial charge on any atom is 0.319 e. The minimum Gasteiger partial charge on any atom is -0.465 e. The number of carbonyl (C=O) groups excluding carboxylic acids is 2. The Morgan fingerprint density at radius 1 is 0.614 bits per heavy atom. The first-order chi connectivity index (χ1) is 21.5. The zero-order valence-corrected chi connectivity index (χ0v) is 30.8. The number of aliphatic hydroxyl groups is 1. The maximum atomic E-state index is 12.7. The Hall–Kier alpha value is -0.440. The van der Waals surface area contributed by atoms with E-state index in [4.69, 9.17) is 9.47 Å². The molecule has 0 aromatic rings. The van der Waals surface area contributed by atoms with Crippen molar-refractivity contribution in [2.24, 2.45) is 0 Å². The van der Waals surface area contributed by atoms with E-state index >= 15 is 0 Å². The SMILES string of the molecule is CCCCCCCCCCSC(CCCC)C(=O)OCCCCCCN(CCO)CCCCCCOC(=O)C(S)CCCC. The third-order valence-electron chi connectivity index (χ3n) is 8.15. The molecular weight excluding hydrogens is 591 g/mol. The Balaban J connectivity index is 3.94. The molecule has 2 atom stereocenters. The van der Waals surface area contributed by atoms with Gasteiger partial charge in [0.25, 0.3) is 0 Å². The molecule has 0 saturated carbocycles. The Morgan fingerprint density at radius 2 is 1.09 bits per heavy atom. The number of rotatable bonds is 34. The van der Waals surface area contributed by atoms with Crippen molar-refractivity contribution in [1.82, 2.24) is 4.90 Å². The van der Waals surface area contributed by atoms with Crippen molar-refractivity contribution in [2.75, 3.05) is 45.2 Å². The van der Waals surface area contributed by atoms with Gasteiger partial charge in [-0.2, -0.15) is 12.6 Å². The van der Waals surface area contributed by atoms with Crippen LogP contribution in [0.3, 0.4) is 0 Å². The predicted molar refractivity (Wildman–Crippen MR) is 193 cm³/mol. The molecular formula is C36H71NO5S2. The second-order valence-electron chi connectivity index (χ2n) is 12.4. The lowest BCUT2D eigenvalue weighted by atomic mass is 10.1. The fourth-order valence-electron chi connectivity index (χ4n) is 5.23. The Labute approximate surface area is 282 Å². The first kappa shape index (κ1) is 43.6. The number of hydrogen-bond donors (Lipinski definition) is 2. The third kappa shape index (κ3) is 27.8. The molecule has 0 aliphatic rings. The van der Waals surface area contributed by atoms with Crippen LogP contribution in [-0.4, -0.2) is 77.7 Å². The summed E-state index contributed by atoms with van der Waals surface area (Å²) in [6, 6.07) is 0. The fraction of sp³-hybridized carbons (Fsp3) is 0.944. The van der Waals surface area contributed by atoms with Gasteiger partial charge in [0.2, 0.25) is 0 Å².